The molecule has 24 heteroatoms. The number of nitrogen functional groups attached to an aromatic ring is 1. The number of aryl methyl sites for hydroxylation is 1. The molecule has 8 unspecified atom stereocenters. The van der Waals surface area contributed by atoms with Gasteiger partial charge in [-0.2, -0.15) is 0 Å². The van der Waals surface area contributed by atoms with Gasteiger partial charge in [0.2, 0.25) is 15.1 Å². The average molecular weight is 677 g/mol. The minimum Gasteiger partial charge on any atom is -0.382 e. The molecule has 3 saturated heterocycles. The predicted molar refractivity (Wildman–Crippen MR) is 155 cm³/mol. The molecular weight excluding hydrogens is 653 g/mol. The van der Waals surface area contributed by atoms with E-state index in [4.69, 9.17) is 53.2 Å². The minimum absolute atomic E-state index is 0.0114. The summed E-state index contributed by atoms with van der Waals surface area (Å²) in [6.45, 7) is 0.362. The van der Waals surface area contributed by atoms with Crippen LogP contribution in [-0.4, -0.2) is 111 Å². The number of anilines is 1. The number of methoxy groups -OCH3 is 1. The fourth-order valence-electron chi connectivity index (χ4n) is 5.67. The molecule has 0 amide bonds. The van der Waals surface area contributed by atoms with Gasteiger partial charge in [-0.1, -0.05) is 0 Å². The summed E-state index contributed by atoms with van der Waals surface area (Å²) >= 11 is 0. The van der Waals surface area contributed by atoms with Crippen LogP contribution in [0, 0.1) is 6.92 Å². The Morgan fingerprint density at radius 1 is 0.957 bits per heavy atom. The number of hydrogen-bond donors (Lipinski definition) is 2. The van der Waals surface area contributed by atoms with Crippen LogP contribution in [0.5, 0.6) is 0 Å². The molecule has 240 valence electrons. The predicted octanol–water partition coefficient (Wildman–Crippen LogP) is 0.368. The molecular formula is C22H24B2FN9O10P2. The van der Waals surface area contributed by atoms with Crippen molar-refractivity contribution in [3.63, 3.8) is 0 Å². The Labute approximate surface area is 260 Å². The number of ether oxygens (including phenoxy) is 3. The maximum atomic E-state index is 16.0. The fourth-order valence-corrected chi connectivity index (χ4v) is 7.66. The molecule has 7 rings (SSSR count). The van der Waals surface area contributed by atoms with Gasteiger partial charge in [-0.05, 0) is 6.92 Å². The smallest absolute Gasteiger partial charge is 0.279 e. The van der Waals surface area contributed by atoms with Gasteiger partial charge in [-0.3, -0.25) is 23.1 Å². The lowest BCUT2D eigenvalue weighted by molar-refractivity contribution is -0.0578. The van der Waals surface area contributed by atoms with Crippen LogP contribution in [0.4, 0.5) is 10.2 Å². The van der Waals surface area contributed by atoms with Crippen molar-refractivity contribution in [2.45, 2.75) is 56.1 Å². The summed E-state index contributed by atoms with van der Waals surface area (Å²) in [6.07, 6.45) is -7.61. The van der Waals surface area contributed by atoms with Crippen LogP contribution in [0.3, 0.4) is 0 Å². The average Bonchev–Trinajstić information content (AvgIpc) is 3.75. The SMILES string of the molecule is [B][P@@]1(=O)OCC2OC(n3cnc4c(=O)[nH]c(C)nc43)C(O[P@]([B])(=O)OCC3OC(n4cnc5c(N)ncnc54)C(F)C3O1)C2OC. The molecule has 19 nitrogen and oxygen atoms in total. The lowest BCUT2D eigenvalue weighted by Gasteiger charge is -2.28. The number of H-pyrrole nitrogens is 1. The fraction of sp³-hybridized carbons (Fsp3) is 0.545. The first-order chi connectivity index (χ1) is 21.9. The van der Waals surface area contributed by atoms with Crippen LogP contribution in [0.25, 0.3) is 22.3 Å². The van der Waals surface area contributed by atoms with Crippen LogP contribution in [0.2, 0.25) is 0 Å². The highest BCUT2D eigenvalue weighted by Crippen LogP contribution is 2.54. The number of hydrogen-bond acceptors (Lipinski definition) is 16. The van der Waals surface area contributed by atoms with Crippen molar-refractivity contribution >= 4 is 58.2 Å². The first-order valence-corrected chi connectivity index (χ1v) is 16.9. The van der Waals surface area contributed by atoms with E-state index in [1.807, 2.05) is 0 Å². The summed E-state index contributed by atoms with van der Waals surface area (Å²) in [4.78, 5) is 35.5. The molecule has 4 aromatic heterocycles. The zero-order chi connectivity index (χ0) is 32.5. The van der Waals surface area contributed by atoms with Crippen molar-refractivity contribution in [2.24, 2.45) is 0 Å². The first-order valence-electron chi connectivity index (χ1n) is 13.6. The highest BCUT2D eigenvalue weighted by Gasteiger charge is 2.53. The van der Waals surface area contributed by atoms with Crippen molar-refractivity contribution < 1.29 is 45.8 Å². The van der Waals surface area contributed by atoms with E-state index in [9.17, 15) is 13.9 Å². The molecule has 0 aliphatic carbocycles. The molecule has 4 aromatic rings. The number of imidazole rings is 2. The Kier molecular flexibility index (Phi) is 7.93. The summed E-state index contributed by atoms with van der Waals surface area (Å²) in [7, 11) is 4.17. The van der Waals surface area contributed by atoms with E-state index in [2.05, 4.69) is 29.9 Å². The zero-order valence-electron chi connectivity index (χ0n) is 24.0. The van der Waals surface area contributed by atoms with Crippen LogP contribution >= 0.6 is 14.9 Å². The summed E-state index contributed by atoms with van der Waals surface area (Å²) in [6, 6.07) is 0. The second kappa shape index (κ2) is 11.6. The van der Waals surface area contributed by atoms with Gasteiger partial charge in [-0.15, -0.1) is 0 Å². The van der Waals surface area contributed by atoms with Gasteiger partial charge in [0.25, 0.3) is 20.5 Å². The molecule has 0 aromatic carbocycles. The van der Waals surface area contributed by atoms with E-state index in [1.54, 1.807) is 6.92 Å². The molecule has 2 bridgehead atoms. The molecule has 46 heavy (non-hydrogen) atoms. The zero-order valence-corrected chi connectivity index (χ0v) is 25.8. The summed E-state index contributed by atoms with van der Waals surface area (Å²) < 4.78 is 85.4. The van der Waals surface area contributed by atoms with Crippen molar-refractivity contribution in [3.05, 3.63) is 35.2 Å². The van der Waals surface area contributed by atoms with Gasteiger partial charge >= 0.3 is 0 Å². The van der Waals surface area contributed by atoms with Gasteiger partial charge in [0.15, 0.2) is 41.3 Å². The topological polar surface area (TPSA) is 232 Å². The van der Waals surface area contributed by atoms with Crippen molar-refractivity contribution in [1.29, 1.82) is 0 Å². The van der Waals surface area contributed by atoms with Gasteiger partial charge < -0.3 is 43.0 Å². The van der Waals surface area contributed by atoms with E-state index in [0.29, 0.717) is 0 Å². The van der Waals surface area contributed by atoms with Gasteiger partial charge in [0.05, 0.1) is 25.9 Å². The summed E-state index contributed by atoms with van der Waals surface area (Å²) in [5.74, 6) is 0.329. The number of aromatic amines is 1. The summed E-state index contributed by atoms with van der Waals surface area (Å²) in [5.41, 5.74) is 5.77. The van der Waals surface area contributed by atoms with Gasteiger partial charge in [0.1, 0.15) is 48.2 Å². The monoisotopic (exact) mass is 677 g/mol. The third-order valence-electron chi connectivity index (χ3n) is 7.69. The number of nitrogens with one attached hydrogen (secondary N) is 1. The molecule has 0 spiro atoms. The summed E-state index contributed by atoms with van der Waals surface area (Å²) in [5, 5.41) is 0. The van der Waals surface area contributed by atoms with Crippen LogP contribution in [-0.2, 0) is 41.4 Å². The maximum Gasteiger partial charge on any atom is 0.279 e. The van der Waals surface area contributed by atoms with E-state index in [0.717, 1.165) is 6.33 Å². The minimum atomic E-state index is -4.55. The molecule has 4 radical (unpaired) electrons. The number of fused-ring (bicyclic) bond motifs is 5. The number of alkyl halides is 1. The molecule has 10 atom stereocenters. The number of nitrogens with two attached hydrogens (primary N) is 1. The van der Waals surface area contributed by atoms with E-state index in [1.165, 1.54) is 28.9 Å². The molecule has 3 aliphatic heterocycles. The van der Waals surface area contributed by atoms with E-state index < -0.39 is 82.9 Å². The largest absolute Gasteiger partial charge is 0.382 e. The lowest BCUT2D eigenvalue weighted by Crippen LogP contribution is -2.37. The van der Waals surface area contributed by atoms with Crippen molar-refractivity contribution in [2.75, 3.05) is 26.1 Å². The van der Waals surface area contributed by atoms with Crippen LogP contribution < -0.4 is 11.3 Å². The van der Waals surface area contributed by atoms with Crippen molar-refractivity contribution in [1.82, 2.24) is 39.0 Å². The first kappa shape index (κ1) is 31.5. The second-order valence-electron chi connectivity index (χ2n) is 10.6. The molecule has 3 aliphatic rings. The third kappa shape index (κ3) is 5.50. The molecule has 3 fully saturated rings. The van der Waals surface area contributed by atoms with Gasteiger partial charge in [0, 0.05) is 7.11 Å². The van der Waals surface area contributed by atoms with E-state index in [-0.39, 0.29) is 34.0 Å². The number of rotatable bonds is 3. The Morgan fingerprint density at radius 3 is 2.30 bits per heavy atom. The van der Waals surface area contributed by atoms with Crippen molar-refractivity contribution in [3.8, 4) is 0 Å². The maximum absolute atomic E-state index is 16.0. The second-order valence-corrected chi connectivity index (χ2v) is 13.7. The lowest BCUT2D eigenvalue weighted by atomic mass is 10.1. The quantitative estimate of drug-likeness (QED) is 0.220. The highest BCUT2D eigenvalue weighted by molar-refractivity contribution is 7.79. The van der Waals surface area contributed by atoms with Crippen LogP contribution in [0.15, 0.2) is 23.8 Å². The normalized spacial score (nSPS) is 37.1. The molecule has 0 saturated carbocycles. The van der Waals surface area contributed by atoms with Gasteiger partial charge in [-0.25, -0.2) is 29.3 Å². The van der Waals surface area contributed by atoms with E-state index >= 15 is 4.39 Å². The van der Waals surface area contributed by atoms with Crippen LogP contribution in [0.1, 0.15) is 18.3 Å². The number of halogens is 1. The number of aromatic nitrogens is 8. The number of nitrogens with zero attached hydrogens (tertiary/aromatic N) is 7. The standard InChI is InChI=1S/C22H24B2FN9O10P2/c1-8-31-19-13(20(35)32-8)30-7-34(19)22-16-15(38-2)10(42-22)4-40-45(23,36)43-14-9(3-39-46(24,37)44-16)41-21(11(14)25)33-6-29-12-17(26)27-5-28-18(12)33/h5-7,9-11,14-16,21-22H,3-4H2,1-2H3,(H2,26,27,28)(H,31,32,35)/t9?,10?,11?,14?,15?,16?,21?,22?,45-,46-/m1/s1. The Morgan fingerprint density at radius 2 is 1.59 bits per heavy atom. The Balaban J connectivity index is 1.22. The Hall–Kier alpha value is -3.06. The highest BCUT2D eigenvalue weighted by atomic mass is 31.2. The molecule has 3 N–H and O–H groups in total. The Bertz CT molecular complexity index is 1970. The third-order valence-corrected chi connectivity index (χ3v) is 9.78. The molecule has 7 heterocycles.